The number of rotatable bonds is 0. The van der Waals surface area contributed by atoms with Crippen molar-refractivity contribution in [1.82, 2.24) is 0 Å². The molecule has 0 aromatic heterocycles. The lowest BCUT2D eigenvalue weighted by Gasteiger charge is -2.54. The summed E-state index contributed by atoms with van der Waals surface area (Å²) < 4.78 is 0. The molecule has 0 heterocycles. The Morgan fingerprint density at radius 3 is 2.31 bits per heavy atom. The topological polar surface area (TPSA) is 0 Å². The molecule has 7 atom stereocenters. The van der Waals surface area contributed by atoms with E-state index in [1.54, 1.807) is 19.3 Å². The molecule has 70 valence electrons. The summed E-state index contributed by atoms with van der Waals surface area (Å²) >= 11 is 0. The first-order chi connectivity index (χ1) is 6.07. The van der Waals surface area contributed by atoms with E-state index in [9.17, 15) is 0 Å². The van der Waals surface area contributed by atoms with Crippen LogP contribution in [0.3, 0.4) is 0 Å². The third-order valence-corrected chi connectivity index (χ3v) is 8.27. The lowest BCUT2D eigenvalue weighted by atomic mass is 9.50. The molecule has 6 bridgehead atoms. The van der Waals surface area contributed by atoms with Gasteiger partial charge in [0.05, 0.1) is 0 Å². The van der Waals surface area contributed by atoms with E-state index >= 15 is 0 Å². The highest BCUT2D eigenvalue weighted by Crippen LogP contribution is 3.11. The Balaban J connectivity index is 1.94. The van der Waals surface area contributed by atoms with E-state index in [0.29, 0.717) is 0 Å². The largest absolute Gasteiger partial charge is 0.0614 e. The van der Waals surface area contributed by atoms with Gasteiger partial charge in [-0.25, -0.2) is 0 Å². The number of hydrogen-bond donors (Lipinski definition) is 0. The van der Waals surface area contributed by atoms with Crippen LogP contribution in [0.15, 0.2) is 0 Å². The second-order valence-electron chi connectivity index (χ2n) is 7.18. The first-order valence-electron chi connectivity index (χ1n) is 6.07. The minimum Gasteiger partial charge on any atom is -0.0614 e. The van der Waals surface area contributed by atoms with Gasteiger partial charge < -0.3 is 0 Å². The molecule has 7 saturated carbocycles. The number of fused-ring (bicyclic) bond motifs is 1. The van der Waals surface area contributed by atoms with Crippen molar-refractivity contribution in [3.05, 3.63) is 0 Å². The molecule has 13 heavy (non-hydrogen) atoms. The molecule has 0 amide bonds. The molecular formula is C13H18. The molecule has 0 aromatic rings. The molecule has 0 aliphatic heterocycles. The molecule has 0 saturated heterocycles. The molecule has 0 heteroatoms. The van der Waals surface area contributed by atoms with Crippen LogP contribution in [0.5, 0.6) is 0 Å². The first kappa shape index (κ1) is 6.48. The Kier molecular flexibility index (Phi) is 0.558. The molecular weight excluding hydrogens is 156 g/mol. The van der Waals surface area contributed by atoms with Gasteiger partial charge in [0, 0.05) is 0 Å². The van der Waals surface area contributed by atoms with Crippen LogP contribution in [0.25, 0.3) is 0 Å². The smallest absolute Gasteiger partial charge is 0.0167 e. The fourth-order valence-electron chi connectivity index (χ4n) is 8.27. The highest BCUT2D eigenvalue weighted by Gasteiger charge is 3.06. The average molecular weight is 174 g/mol. The molecule has 7 aliphatic rings. The van der Waals surface area contributed by atoms with Gasteiger partial charge in [0.25, 0.3) is 0 Å². The Bertz CT molecular complexity index is 370. The molecule has 7 rings (SSSR count). The highest BCUT2D eigenvalue weighted by atomic mass is 15.1. The van der Waals surface area contributed by atoms with Gasteiger partial charge in [-0.15, -0.1) is 0 Å². The van der Waals surface area contributed by atoms with Crippen molar-refractivity contribution in [2.24, 2.45) is 39.4 Å². The molecule has 7 aliphatic carbocycles. The second kappa shape index (κ2) is 1.12. The van der Waals surface area contributed by atoms with E-state index in [4.69, 9.17) is 0 Å². The summed E-state index contributed by atoms with van der Waals surface area (Å²) in [4.78, 5) is 0. The zero-order valence-electron chi connectivity index (χ0n) is 8.85. The van der Waals surface area contributed by atoms with E-state index < -0.39 is 0 Å². The Morgan fingerprint density at radius 2 is 1.92 bits per heavy atom. The summed E-state index contributed by atoms with van der Waals surface area (Å²) in [5, 5.41) is 0. The maximum Gasteiger partial charge on any atom is -0.0167 e. The van der Waals surface area contributed by atoms with E-state index in [-0.39, 0.29) is 0 Å². The Labute approximate surface area is 80.1 Å². The van der Waals surface area contributed by atoms with Gasteiger partial charge in [-0.3, -0.25) is 0 Å². The molecule has 0 N–H and O–H groups in total. The van der Waals surface area contributed by atoms with Gasteiger partial charge in [-0.05, 0) is 58.7 Å². The summed E-state index contributed by atoms with van der Waals surface area (Å²) in [5.41, 5.74) is 3.40. The van der Waals surface area contributed by atoms with Crippen LogP contribution >= 0.6 is 0 Å². The van der Waals surface area contributed by atoms with Gasteiger partial charge in [0.15, 0.2) is 0 Å². The molecule has 0 radical (unpaired) electrons. The molecule has 6 unspecified atom stereocenters. The van der Waals surface area contributed by atoms with Gasteiger partial charge in [-0.1, -0.05) is 20.8 Å². The maximum atomic E-state index is 2.64. The van der Waals surface area contributed by atoms with E-state index in [0.717, 1.165) is 27.6 Å². The monoisotopic (exact) mass is 174 g/mol. The van der Waals surface area contributed by atoms with Crippen LogP contribution in [0.1, 0.15) is 40.0 Å². The maximum absolute atomic E-state index is 2.64. The quantitative estimate of drug-likeness (QED) is 0.529. The van der Waals surface area contributed by atoms with Crippen molar-refractivity contribution in [3.63, 3.8) is 0 Å². The van der Waals surface area contributed by atoms with Crippen molar-refractivity contribution in [3.8, 4) is 0 Å². The fraction of sp³-hybridized carbons (Fsp3) is 1.00. The van der Waals surface area contributed by atoms with Crippen LogP contribution in [0, 0.1) is 39.4 Å². The van der Waals surface area contributed by atoms with E-state index in [1.165, 1.54) is 11.8 Å². The van der Waals surface area contributed by atoms with Crippen molar-refractivity contribution in [2.45, 2.75) is 40.0 Å². The molecule has 2 spiro atoms. The summed E-state index contributed by atoms with van der Waals surface area (Å²) in [5.74, 6) is 3.46. The van der Waals surface area contributed by atoms with Crippen LogP contribution in [0.4, 0.5) is 0 Å². The normalized spacial score (nSPS) is 90.2. The van der Waals surface area contributed by atoms with Crippen LogP contribution in [-0.2, 0) is 0 Å². The third kappa shape index (κ3) is 0.245. The average Bonchev–Trinajstić information content (AvgIpc) is 2.59. The SMILES string of the molecule is CC1C23CCC14C2CC1(C)[C@H]3C41C. The van der Waals surface area contributed by atoms with Crippen LogP contribution < -0.4 is 0 Å². The fourth-order valence-corrected chi connectivity index (χ4v) is 8.27. The van der Waals surface area contributed by atoms with Crippen LogP contribution in [-0.4, -0.2) is 0 Å². The molecule has 0 nitrogen and oxygen atoms in total. The predicted molar refractivity (Wildman–Crippen MR) is 51.1 cm³/mol. The Morgan fingerprint density at radius 1 is 1.15 bits per heavy atom. The van der Waals surface area contributed by atoms with Gasteiger partial charge >= 0.3 is 0 Å². The minimum atomic E-state index is 0.820. The van der Waals surface area contributed by atoms with Gasteiger partial charge in [0.2, 0.25) is 0 Å². The molecule has 0 aromatic carbocycles. The molecule has 7 fully saturated rings. The summed E-state index contributed by atoms with van der Waals surface area (Å²) in [6.45, 7) is 7.82. The third-order valence-electron chi connectivity index (χ3n) is 8.27. The van der Waals surface area contributed by atoms with Crippen molar-refractivity contribution < 1.29 is 0 Å². The first-order valence-corrected chi connectivity index (χ1v) is 6.07. The van der Waals surface area contributed by atoms with E-state index in [1.807, 2.05) is 0 Å². The Hall–Kier alpha value is 0. The van der Waals surface area contributed by atoms with Gasteiger partial charge in [-0.2, -0.15) is 0 Å². The highest BCUT2D eigenvalue weighted by molar-refractivity contribution is 5.53. The summed E-state index contributed by atoms with van der Waals surface area (Å²) in [6.07, 6.45) is 4.81. The number of hydrogen-bond acceptors (Lipinski definition) is 0. The minimum absolute atomic E-state index is 0.820. The van der Waals surface area contributed by atoms with Crippen molar-refractivity contribution in [2.75, 3.05) is 0 Å². The van der Waals surface area contributed by atoms with Crippen molar-refractivity contribution in [1.29, 1.82) is 0 Å². The lowest BCUT2D eigenvalue weighted by Crippen LogP contribution is -2.50. The van der Waals surface area contributed by atoms with Gasteiger partial charge in [0.1, 0.15) is 0 Å². The van der Waals surface area contributed by atoms with E-state index in [2.05, 4.69) is 20.8 Å². The predicted octanol–water partition coefficient (Wildman–Crippen LogP) is 3.08. The lowest BCUT2D eigenvalue weighted by molar-refractivity contribution is -0.0705. The van der Waals surface area contributed by atoms with Crippen molar-refractivity contribution >= 4 is 0 Å². The standard InChI is InChI=1S/C13H18/c1-7-12-4-5-13(7)8(12)6-10(2)9(12)11(10,13)3/h7-9H,4-6H2,1-3H3/t7?,8?,9-,10?,11?,12?,13?/m0/s1. The van der Waals surface area contributed by atoms with Crippen LogP contribution in [0.2, 0.25) is 0 Å². The summed E-state index contributed by atoms with van der Waals surface area (Å²) in [6, 6.07) is 0. The summed E-state index contributed by atoms with van der Waals surface area (Å²) in [7, 11) is 0. The zero-order valence-corrected chi connectivity index (χ0v) is 8.85. The zero-order chi connectivity index (χ0) is 8.85. The second-order valence-corrected chi connectivity index (χ2v) is 7.18.